The Morgan fingerprint density at radius 2 is 1.88 bits per heavy atom. The zero-order chi connectivity index (χ0) is 12.9. The van der Waals surface area contributed by atoms with Gasteiger partial charge in [0.2, 0.25) is 0 Å². The summed E-state index contributed by atoms with van der Waals surface area (Å²) in [7, 11) is 1.74. The normalized spacial score (nSPS) is 20.8. The molecule has 3 nitrogen and oxygen atoms in total. The number of aliphatic hydroxyl groups is 1. The molecule has 0 unspecified atom stereocenters. The summed E-state index contributed by atoms with van der Waals surface area (Å²) in [4.78, 5) is 1.76. The highest BCUT2D eigenvalue weighted by Gasteiger charge is 2.31. The lowest BCUT2D eigenvalue weighted by Gasteiger charge is -2.35. The number of hydrogen-bond donors (Lipinski definition) is 1. The lowest BCUT2D eigenvalue weighted by Crippen LogP contribution is -2.45. The molecular weight excluding hydrogens is 235 g/mol. The minimum atomic E-state index is -4.09. The molecule has 0 aromatic heterocycles. The Balaban J connectivity index is 2.21. The molecular formula is C11H20F3NO2. The molecule has 1 rings (SSSR count). The maximum absolute atomic E-state index is 12.0. The van der Waals surface area contributed by atoms with Crippen molar-refractivity contribution in [1.82, 2.24) is 4.90 Å². The van der Waals surface area contributed by atoms with Crippen LogP contribution in [0.5, 0.6) is 0 Å². The molecule has 1 aliphatic rings. The van der Waals surface area contributed by atoms with Gasteiger partial charge in [-0.05, 0) is 20.0 Å². The van der Waals surface area contributed by atoms with Crippen LogP contribution in [0.15, 0.2) is 0 Å². The van der Waals surface area contributed by atoms with E-state index in [0.29, 0.717) is 39.1 Å². The molecule has 0 bridgehead atoms. The first-order chi connectivity index (χ1) is 7.81. The SMILES string of the molecule is CN(CCCC(F)(F)F)CC1(O)CCOCC1. The van der Waals surface area contributed by atoms with Gasteiger partial charge >= 0.3 is 6.18 Å². The molecule has 6 heteroatoms. The second-order valence-corrected chi connectivity index (χ2v) is 4.79. The molecule has 1 aliphatic heterocycles. The molecule has 1 fully saturated rings. The van der Waals surface area contributed by atoms with Crippen LogP contribution < -0.4 is 0 Å². The Morgan fingerprint density at radius 3 is 2.41 bits per heavy atom. The Kier molecular flexibility index (Phi) is 5.22. The zero-order valence-corrected chi connectivity index (χ0v) is 10.1. The molecule has 0 atom stereocenters. The van der Waals surface area contributed by atoms with Gasteiger partial charge in [-0.2, -0.15) is 13.2 Å². The Hall–Kier alpha value is -0.330. The highest BCUT2D eigenvalue weighted by Crippen LogP contribution is 2.23. The molecule has 0 radical (unpaired) electrons. The molecule has 0 aromatic carbocycles. The van der Waals surface area contributed by atoms with Crippen LogP contribution in [0.1, 0.15) is 25.7 Å². The van der Waals surface area contributed by atoms with E-state index in [2.05, 4.69) is 0 Å². The number of likely N-dealkylation sites (N-methyl/N-ethyl adjacent to an activating group) is 1. The van der Waals surface area contributed by atoms with Gasteiger partial charge in [-0.25, -0.2) is 0 Å². The smallest absolute Gasteiger partial charge is 0.388 e. The number of ether oxygens (including phenoxy) is 1. The molecule has 0 aromatic rings. The Morgan fingerprint density at radius 1 is 1.29 bits per heavy atom. The second-order valence-electron chi connectivity index (χ2n) is 4.79. The first kappa shape index (κ1) is 14.7. The van der Waals surface area contributed by atoms with E-state index in [4.69, 9.17) is 4.74 Å². The van der Waals surface area contributed by atoms with Crippen molar-refractivity contribution < 1.29 is 23.0 Å². The molecule has 0 spiro atoms. The van der Waals surface area contributed by atoms with Gasteiger partial charge in [-0.3, -0.25) is 0 Å². The molecule has 0 saturated carbocycles. The van der Waals surface area contributed by atoms with Gasteiger partial charge in [0.25, 0.3) is 0 Å². The van der Waals surface area contributed by atoms with Gasteiger partial charge in [0.05, 0.1) is 5.60 Å². The highest BCUT2D eigenvalue weighted by molar-refractivity contribution is 4.83. The third-order valence-corrected chi connectivity index (χ3v) is 2.99. The number of alkyl halides is 3. The van der Waals surface area contributed by atoms with Gasteiger partial charge < -0.3 is 14.7 Å². The largest absolute Gasteiger partial charge is 0.389 e. The van der Waals surface area contributed by atoms with Crippen LogP contribution in [-0.4, -0.2) is 55.1 Å². The lowest BCUT2D eigenvalue weighted by atomic mass is 9.94. The van der Waals surface area contributed by atoms with E-state index in [9.17, 15) is 18.3 Å². The summed E-state index contributed by atoms with van der Waals surface area (Å²) < 4.78 is 41.0. The molecule has 0 amide bonds. The Labute approximate surface area is 99.5 Å². The maximum Gasteiger partial charge on any atom is 0.389 e. The molecule has 1 N–H and O–H groups in total. The fourth-order valence-electron chi connectivity index (χ4n) is 2.04. The monoisotopic (exact) mass is 255 g/mol. The number of hydrogen-bond acceptors (Lipinski definition) is 3. The number of halogens is 3. The first-order valence-electron chi connectivity index (χ1n) is 5.86. The van der Waals surface area contributed by atoms with Crippen molar-refractivity contribution in [2.45, 2.75) is 37.5 Å². The van der Waals surface area contributed by atoms with E-state index in [0.717, 1.165) is 0 Å². The molecule has 17 heavy (non-hydrogen) atoms. The molecule has 1 saturated heterocycles. The minimum Gasteiger partial charge on any atom is -0.388 e. The predicted octanol–water partition coefficient (Wildman–Crippen LogP) is 1.80. The van der Waals surface area contributed by atoms with E-state index in [1.54, 1.807) is 11.9 Å². The summed E-state index contributed by atoms with van der Waals surface area (Å²) in [6.07, 6.45) is -3.67. The summed E-state index contributed by atoms with van der Waals surface area (Å²) in [6, 6.07) is 0. The van der Waals surface area contributed by atoms with E-state index in [-0.39, 0.29) is 6.42 Å². The standard InChI is InChI=1S/C11H20F3NO2/c1-15(6-2-3-11(12,13)14)9-10(16)4-7-17-8-5-10/h16H,2-9H2,1H3. The molecule has 102 valence electrons. The Bertz CT molecular complexity index is 227. The summed E-state index contributed by atoms with van der Waals surface area (Å²) in [5, 5.41) is 10.2. The fourth-order valence-corrected chi connectivity index (χ4v) is 2.04. The number of nitrogens with zero attached hydrogens (tertiary/aromatic N) is 1. The third kappa shape index (κ3) is 6.24. The van der Waals surface area contributed by atoms with Gasteiger partial charge in [0, 0.05) is 39.0 Å². The van der Waals surface area contributed by atoms with E-state index < -0.39 is 18.2 Å². The second kappa shape index (κ2) is 6.02. The summed E-state index contributed by atoms with van der Waals surface area (Å²) in [5.74, 6) is 0. The topological polar surface area (TPSA) is 32.7 Å². The molecule has 0 aliphatic carbocycles. The van der Waals surface area contributed by atoms with Crippen LogP contribution in [0.4, 0.5) is 13.2 Å². The van der Waals surface area contributed by atoms with E-state index in [1.807, 2.05) is 0 Å². The summed E-state index contributed by atoms with van der Waals surface area (Å²) in [5.41, 5.74) is -0.800. The van der Waals surface area contributed by atoms with Crippen LogP contribution in [0.2, 0.25) is 0 Å². The quantitative estimate of drug-likeness (QED) is 0.813. The van der Waals surface area contributed by atoms with Gasteiger partial charge in [-0.1, -0.05) is 0 Å². The van der Waals surface area contributed by atoms with Gasteiger partial charge in [-0.15, -0.1) is 0 Å². The third-order valence-electron chi connectivity index (χ3n) is 2.99. The zero-order valence-electron chi connectivity index (χ0n) is 10.1. The lowest BCUT2D eigenvalue weighted by molar-refractivity contribution is -0.136. The van der Waals surface area contributed by atoms with E-state index in [1.165, 1.54) is 0 Å². The first-order valence-corrected chi connectivity index (χ1v) is 5.86. The van der Waals surface area contributed by atoms with Crippen LogP contribution in [0, 0.1) is 0 Å². The van der Waals surface area contributed by atoms with Crippen molar-refractivity contribution in [2.75, 3.05) is 33.4 Å². The van der Waals surface area contributed by atoms with Crippen molar-refractivity contribution in [3.8, 4) is 0 Å². The predicted molar refractivity (Wildman–Crippen MR) is 57.8 cm³/mol. The van der Waals surface area contributed by atoms with E-state index >= 15 is 0 Å². The summed E-state index contributed by atoms with van der Waals surface area (Å²) in [6.45, 7) is 1.80. The van der Waals surface area contributed by atoms with Crippen molar-refractivity contribution >= 4 is 0 Å². The fraction of sp³-hybridized carbons (Fsp3) is 1.00. The average molecular weight is 255 g/mol. The van der Waals surface area contributed by atoms with Crippen molar-refractivity contribution in [3.63, 3.8) is 0 Å². The van der Waals surface area contributed by atoms with Gasteiger partial charge in [0.1, 0.15) is 0 Å². The van der Waals surface area contributed by atoms with Crippen LogP contribution in [-0.2, 0) is 4.74 Å². The molecule has 1 heterocycles. The van der Waals surface area contributed by atoms with Crippen molar-refractivity contribution in [2.24, 2.45) is 0 Å². The van der Waals surface area contributed by atoms with Crippen LogP contribution >= 0.6 is 0 Å². The van der Waals surface area contributed by atoms with Crippen LogP contribution in [0.3, 0.4) is 0 Å². The minimum absolute atomic E-state index is 0.0760. The average Bonchev–Trinajstić information content (AvgIpc) is 2.15. The number of rotatable bonds is 5. The van der Waals surface area contributed by atoms with Crippen LogP contribution in [0.25, 0.3) is 0 Å². The van der Waals surface area contributed by atoms with Gasteiger partial charge in [0.15, 0.2) is 0 Å². The highest BCUT2D eigenvalue weighted by atomic mass is 19.4. The summed E-state index contributed by atoms with van der Waals surface area (Å²) >= 11 is 0. The van der Waals surface area contributed by atoms with Crippen molar-refractivity contribution in [3.05, 3.63) is 0 Å². The van der Waals surface area contributed by atoms with Crippen molar-refractivity contribution in [1.29, 1.82) is 0 Å². The maximum atomic E-state index is 12.0.